The maximum atomic E-state index is 13.1. The number of anilines is 1. The van der Waals surface area contributed by atoms with E-state index in [1.165, 1.54) is 11.3 Å². The van der Waals surface area contributed by atoms with Crippen LogP contribution in [0.3, 0.4) is 0 Å². The van der Waals surface area contributed by atoms with E-state index >= 15 is 0 Å². The Hall–Kier alpha value is -3.58. The van der Waals surface area contributed by atoms with E-state index in [4.69, 9.17) is 14.7 Å². The highest BCUT2D eigenvalue weighted by Gasteiger charge is 2.49. The SMILES string of the molecule is C[C@]1(c2ccc3c(c2)OCCCO3)NC(=O)N(CC(=O)Nc2sccc2C#N)C1=O. The molecular weight excluding hydrogens is 408 g/mol. The maximum Gasteiger partial charge on any atom is 0.325 e. The van der Waals surface area contributed by atoms with E-state index in [1.807, 2.05) is 6.07 Å². The topological polar surface area (TPSA) is 121 Å². The number of rotatable bonds is 4. The van der Waals surface area contributed by atoms with Gasteiger partial charge in [-0.1, -0.05) is 6.07 Å². The molecular formula is C20H18N4O5S. The van der Waals surface area contributed by atoms with E-state index in [0.29, 0.717) is 40.8 Å². The first-order valence-corrected chi connectivity index (χ1v) is 10.1. The Bertz CT molecular complexity index is 1080. The van der Waals surface area contributed by atoms with Crippen molar-refractivity contribution in [2.75, 3.05) is 25.1 Å². The monoisotopic (exact) mass is 426 g/mol. The highest BCUT2D eigenvalue weighted by molar-refractivity contribution is 7.14. The minimum atomic E-state index is -1.34. The molecule has 2 aliphatic heterocycles. The molecule has 0 unspecified atom stereocenters. The second-order valence-electron chi connectivity index (χ2n) is 6.98. The number of hydrogen-bond acceptors (Lipinski definition) is 7. The number of ether oxygens (including phenoxy) is 2. The van der Waals surface area contributed by atoms with Gasteiger partial charge in [-0.05, 0) is 36.1 Å². The molecule has 1 fully saturated rings. The standard InChI is InChI=1S/C20H18N4O5S/c1-20(13-3-4-14-15(9-13)29-7-2-6-28-14)18(26)24(19(27)23-20)11-16(25)22-17-12(10-21)5-8-30-17/h3-5,8-9H,2,6-7,11H2,1H3,(H,22,25)(H,23,27)/t20-/m1/s1. The first-order chi connectivity index (χ1) is 14.4. The molecule has 1 aromatic heterocycles. The Morgan fingerprint density at radius 2 is 2.07 bits per heavy atom. The maximum absolute atomic E-state index is 13.1. The molecule has 1 aromatic carbocycles. The fourth-order valence-electron chi connectivity index (χ4n) is 3.31. The zero-order valence-electron chi connectivity index (χ0n) is 16.1. The highest BCUT2D eigenvalue weighted by atomic mass is 32.1. The number of hydrogen-bond donors (Lipinski definition) is 2. The van der Waals surface area contributed by atoms with Crippen molar-refractivity contribution in [2.45, 2.75) is 18.9 Å². The second kappa shape index (κ2) is 7.68. The number of nitriles is 1. The molecule has 1 atom stereocenters. The molecule has 4 amide bonds. The second-order valence-corrected chi connectivity index (χ2v) is 7.90. The van der Waals surface area contributed by atoms with Crippen LogP contribution in [-0.4, -0.2) is 42.5 Å². The van der Waals surface area contributed by atoms with E-state index in [-0.39, 0.29) is 0 Å². The van der Waals surface area contributed by atoms with Gasteiger partial charge < -0.3 is 20.1 Å². The molecule has 2 aromatic rings. The van der Waals surface area contributed by atoms with E-state index in [9.17, 15) is 14.4 Å². The van der Waals surface area contributed by atoms with Gasteiger partial charge in [0.25, 0.3) is 5.91 Å². The third-order valence-corrected chi connectivity index (χ3v) is 5.77. The van der Waals surface area contributed by atoms with Gasteiger partial charge in [-0.2, -0.15) is 5.26 Å². The van der Waals surface area contributed by atoms with Gasteiger partial charge in [-0.25, -0.2) is 4.79 Å². The number of amides is 4. The van der Waals surface area contributed by atoms with Gasteiger partial charge in [0, 0.05) is 6.42 Å². The summed E-state index contributed by atoms with van der Waals surface area (Å²) in [4.78, 5) is 38.8. The number of benzene rings is 1. The molecule has 2 N–H and O–H groups in total. The highest BCUT2D eigenvalue weighted by Crippen LogP contribution is 2.36. The Balaban J connectivity index is 1.52. The van der Waals surface area contributed by atoms with Crippen molar-refractivity contribution in [1.29, 1.82) is 5.26 Å². The molecule has 154 valence electrons. The van der Waals surface area contributed by atoms with E-state index in [1.54, 1.807) is 36.6 Å². The summed E-state index contributed by atoms with van der Waals surface area (Å²) in [5.74, 6) is -0.0347. The van der Waals surface area contributed by atoms with Gasteiger partial charge in [-0.3, -0.25) is 14.5 Å². The normalized spacial score (nSPS) is 20.3. The molecule has 2 aliphatic rings. The quantitative estimate of drug-likeness (QED) is 0.723. The first-order valence-electron chi connectivity index (χ1n) is 9.24. The molecule has 0 saturated carbocycles. The molecule has 0 radical (unpaired) electrons. The van der Waals surface area contributed by atoms with Crippen molar-refractivity contribution < 1.29 is 23.9 Å². The van der Waals surface area contributed by atoms with Crippen LogP contribution in [0, 0.1) is 11.3 Å². The number of nitrogens with one attached hydrogen (secondary N) is 2. The number of imide groups is 1. The van der Waals surface area contributed by atoms with Crippen LogP contribution >= 0.6 is 11.3 Å². The molecule has 0 aliphatic carbocycles. The van der Waals surface area contributed by atoms with Crippen LogP contribution in [0.15, 0.2) is 29.6 Å². The van der Waals surface area contributed by atoms with Crippen molar-refractivity contribution >= 4 is 34.2 Å². The van der Waals surface area contributed by atoms with Gasteiger partial charge in [0.2, 0.25) is 5.91 Å². The summed E-state index contributed by atoms with van der Waals surface area (Å²) in [5, 5.41) is 16.3. The minimum absolute atomic E-state index is 0.322. The molecule has 10 heteroatoms. The van der Waals surface area contributed by atoms with Gasteiger partial charge >= 0.3 is 6.03 Å². The van der Waals surface area contributed by atoms with Crippen molar-refractivity contribution in [3.05, 3.63) is 40.8 Å². The van der Waals surface area contributed by atoms with Gasteiger partial charge in [0.05, 0.1) is 18.8 Å². The third-order valence-electron chi connectivity index (χ3n) is 4.94. The van der Waals surface area contributed by atoms with Crippen LogP contribution < -0.4 is 20.1 Å². The van der Waals surface area contributed by atoms with Crippen LogP contribution in [0.1, 0.15) is 24.5 Å². The molecule has 1 saturated heterocycles. The average Bonchev–Trinajstić information content (AvgIpc) is 3.15. The van der Waals surface area contributed by atoms with Crippen molar-refractivity contribution in [2.24, 2.45) is 0 Å². The summed E-state index contributed by atoms with van der Waals surface area (Å²) in [6, 6.07) is 7.95. The molecule has 0 spiro atoms. The van der Waals surface area contributed by atoms with Crippen molar-refractivity contribution in [1.82, 2.24) is 10.2 Å². The lowest BCUT2D eigenvalue weighted by Crippen LogP contribution is -2.42. The minimum Gasteiger partial charge on any atom is -0.490 e. The first kappa shape index (κ1) is 19.7. The number of thiophene rings is 1. The van der Waals surface area contributed by atoms with Gasteiger partial charge in [0.1, 0.15) is 23.2 Å². The summed E-state index contributed by atoms with van der Waals surface area (Å²) in [7, 11) is 0. The predicted molar refractivity (Wildman–Crippen MR) is 107 cm³/mol. The summed E-state index contributed by atoms with van der Waals surface area (Å²) in [5.41, 5.74) is -0.497. The lowest BCUT2D eigenvalue weighted by atomic mass is 9.91. The number of nitrogens with zero attached hydrogens (tertiary/aromatic N) is 2. The fraction of sp³-hybridized carbons (Fsp3) is 0.300. The van der Waals surface area contributed by atoms with Gasteiger partial charge in [-0.15, -0.1) is 11.3 Å². The van der Waals surface area contributed by atoms with Crippen molar-refractivity contribution in [3.63, 3.8) is 0 Å². The van der Waals surface area contributed by atoms with Gasteiger partial charge in [0.15, 0.2) is 11.5 Å². The predicted octanol–water partition coefficient (Wildman–Crippen LogP) is 2.19. The largest absolute Gasteiger partial charge is 0.490 e. The van der Waals surface area contributed by atoms with E-state index in [0.717, 1.165) is 11.3 Å². The molecule has 30 heavy (non-hydrogen) atoms. The van der Waals surface area contributed by atoms with Crippen LogP contribution in [0.2, 0.25) is 0 Å². The number of fused-ring (bicyclic) bond motifs is 1. The molecule has 0 bridgehead atoms. The number of carbonyl (C=O) groups excluding carboxylic acids is 3. The lowest BCUT2D eigenvalue weighted by molar-refractivity contribution is -0.133. The number of urea groups is 1. The van der Waals surface area contributed by atoms with Crippen molar-refractivity contribution in [3.8, 4) is 17.6 Å². The summed E-state index contributed by atoms with van der Waals surface area (Å²) >= 11 is 1.19. The van der Waals surface area contributed by atoms with Crippen LogP contribution in [0.25, 0.3) is 0 Å². The van der Waals surface area contributed by atoms with E-state index in [2.05, 4.69) is 10.6 Å². The zero-order chi connectivity index (χ0) is 21.3. The van der Waals surface area contributed by atoms with Crippen LogP contribution in [0.4, 0.5) is 9.80 Å². The Morgan fingerprint density at radius 3 is 2.83 bits per heavy atom. The average molecular weight is 426 g/mol. The number of carbonyl (C=O) groups is 3. The summed E-state index contributed by atoms with van der Waals surface area (Å²) in [6.45, 7) is 2.15. The molecule has 9 nitrogen and oxygen atoms in total. The van der Waals surface area contributed by atoms with E-state index < -0.39 is 29.9 Å². The lowest BCUT2D eigenvalue weighted by Gasteiger charge is -2.23. The Morgan fingerprint density at radius 1 is 1.30 bits per heavy atom. The Kier molecular flexibility index (Phi) is 5.05. The zero-order valence-corrected chi connectivity index (χ0v) is 16.9. The fourth-order valence-corrected chi connectivity index (χ4v) is 4.07. The molecule has 3 heterocycles. The Labute approximate surface area is 176 Å². The smallest absolute Gasteiger partial charge is 0.325 e. The van der Waals surface area contributed by atoms with Crippen LogP contribution in [0.5, 0.6) is 11.5 Å². The third kappa shape index (κ3) is 3.44. The summed E-state index contributed by atoms with van der Waals surface area (Å²) in [6.07, 6.45) is 0.748. The summed E-state index contributed by atoms with van der Waals surface area (Å²) < 4.78 is 11.3. The molecule has 4 rings (SSSR count). The van der Waals surface area contributed by atoms with Crippen LogP contribution in [-0.2, 0) is 15.1 Å².